The number of piperazine rings is 1. The monoisotopic (exact) mass is 566 g/mol. The first-order valence-corrected chi connectivity index (χ1v) is 14.2. The SMILES string of the molecule is C=CC(=O)N1CCN(c2nc(OCC3CCCN3C)nn3c(-c4cc(OC)cc5ccccc45)cnc23)CC1CC#N. The molecule has 1 amide bonds. The summed E-state index contributed by atoms with van der Waals surface area (Å²) in [7, 11) is 3.76. The van der Waals surface area contributed by atoms with Crippen LogP contribution >= 0.6 is 0 Å². The third kappa shape index (κ3) is 5.10. The van der Waals surface area contributed by atoms with E-state index < -0.39 is 0 Å². The van der Waals surface area contributed by atoms with Crippen molar-refractivity contribution in [1.29, 1.82) is 5.26 Å². The number of imidazole rings is 1. The molecule has 0 radical (unpaired) electrons. The number of carbonyl (C=O) groups excluding carboxylic acids is 1. The lowest BCUT2D eigenvalue weighted by Gasteiger charge is -2.40. The van der Waals surface area contributed by atoms with Crippen LogP contribution in [0.1, 0.15) is 19.3 Å². The first-order valence-electron chi connectivity index (χ1n) is 14.2. The maximum absolute atomic E-state index is 12.5. The molecule has 11 heteroatoms. The van der Waals surface area contributed by atoms with Crippen LogP contribution in [-0.2, 0) is 4.79 Å². The molecular weight excluding hydrogens is 532 g/mol. The summed E-state index contributed by atoms with van der Waals surface area (Å²) in [6.45, 7) is 6.53. The van der Waals surface area contributed by atoms with Gasteiger partial charge in [0.15, 0.2) is 11.5 Å². The molecule has 2 saturated heterocycles. The maximum Gasteiger partial charge on any atom is 0.336 e. The molecule has 4 aromatic rings. The second-order valence-corrected chi connectivity index (χ2v) is 10.8. The molecule has 216 valence electrons. The van der Waals surface area contributed by atoms with Gasteiger partial charge in [-0.05, 0) is 55.4 Å². The average molecular weight is 567 g/mol. The van der Waals surface area contributed by atoms with E-state index in [2.05, 4.69) is 41.6 Å². The highest BCUT2D eigenvalue weighted by Crippen LogP contribution is 2.35. The topological polar surface area (TPSA) is 112 Å². The van der Waals surface area contributed by atoms with Crippen molar-refractivity contribution in [3.63, 3.8) is 0 Å². The molecule has 6 rings (SSSR count). The lowest BCUT2D eigenvalue weighted by molar-refractivity contribution is -0.128. The van der Waals surface area contributed by atoms with Gasteiger partial charge in [-0.2, -0.15) is 10.2 Å². The number of aromatic nitrogens is 4. The molecule has 2 aromatic carbocycles. The summed E-state index contributed by atoms with van der Waals surface area (Å²) in [6.07, 6.45) is 5.50. The van der Waals surface area contributed by atoms with Crippen molar-refractivity contribution in [3.05, 3.63) is 55.3 Å². The number of likely N-dealkylation sites (tertiary alicyclic amines) is 1. The van der Waals surface area contributed by atoms with E-state index in [1.54, 1.807) is 22.7 Å². The molecule has 0 bridgehead atoms. The molecular formula is C31H34N8O3. The van der Waals surface area contributed by atoms with Crippen molar-refractivity contribution >= 4 is 28.1 Å². The minimum Gasteiger partial charge on any atom is -0.497 e. The van der Waals surface area contributed by atoms with Gasteiger partial charge < -0.3 is 24.2 Å². The van der Waals surface area contributed by atoms with Crippen LogP contribution in [0.5, 0.6) is 11.8 Å². The molecule has 2 atom stereocenters. The summed E-state index contributed by atoms with van der Waals surface area (Å²) in [6, 6.07) is 14.6. The van der Waals surface area contributed by atoms with Gasteiger partial charge in [-0.3, -0.25) is 4.79 Å². The number of hydrogen-bond acceptors (Lipinski definition) is 9. The number of ether oxygens (including phenoxy) is 2. The molecule has 4 heterocycles. The number of methoxy groups -OCH3 is 1. The maximum atomic E-state index is 12.5. The third-order valence-electron chi connectivity index (χ3n) is 8.32. The van der Waals surface area contributed by atoms with E-state index in [1.165, 1.54) is 6.08 Å². The first kappa shape index (κ1) is 27.5. The highest BCUT2D eigenvalue weighted by atomic mass is 16.5. The van der Waals surface area contributed by atoms with Gasteiger partial charge in [0.25, 0.3) is 0 Å². The van der Waals surface area contributed by atoms with Crippen molar-refractivity contribution in [1.82, 2.24) is 29.4 Å². The van der Waals surface area contributed by atoms with Crippen LogP contribution in [0.2, 0.25) is 0 Å². The van der Waals surface area contributed by atoms with Crippen LogP contribution < -0.4 is 14.4 Å². The van der Waals surface area contributed by atoms with Crippen molar-refractivity contribution in [2.45, 2.75) is 31.3 Å². The largest absolute Gasteiger partial charge is 0.497 e. The van der Waals surface area contributed by atoms with E-state index in [-0.39, 0.29) is 24.4 Å². The van der Waals surface area contributed by atoms with E-state index in [0.717, 1.165) is 47.2 Å². The third-order valence-corrected chi connectivity index (χ3v) is 8.32. The molecule has 2 fully saturated rings. The molecule has 0 spiro atoms. The standard InChI is InChI=1S/C31H34N8O3/c1-4-28(40)38-15-14-37(19-22(38)11-12-32)30-29-33-18-27(26-17-24(41-3)16-21-8-5-6-10-25(21)26)39(29)35-31(34-30)42-20-23-9-7-13-36(23)2/h4-6,8,10,16-18,22-23H,1,7,9,11,13-15,19-20H2,2-3H3. The molecule has 0 aliphatic carbocycles. The highest BCUT2D eigenvalue weighted by Gasteiger charge is 2.32. The fourth-order valence-corrected chi connectivity index (χ4v) is 6.01. The fraction of sp³-hybridized carbons (Fsp3) is 0.387. The number of carbonyl (C=O) groups is 1. The number of amides is 1. The summed E-state index contributed by atoms with van der Waals surface area (Å²) >= 11 is 0. The number of benzene rings is 2. The Balaban J connectivity index is 1.45. The molecule has 42 heavy (non-hydrogen) atoms. The molecule has 11 nitrogen and oxygen atoms in total. The number of rotatable bonds is 8. The molecule has 2 aliphatic rings. The summed E-state index contributed by atoms with van der Waals surface area (Å²) < 4.78 is 13.7. The van der Waals surface area contributed by atoms with Crippen LogP contribution in [0, 0.1) is 11.3 Å². The van der Waals surface area contributed by atoms with Gasteiger partial charge in [-0.1, -0.05) is 30.8 Å². The van der Waals surface area contributed by atoms with Crippen molar-refractivity contribution in [2.24, 2.45) is 0 Å². The predicted molar refractivity (Wildman–Crippen MR) is 160 cm³/mol. The van der Waals surface area contributed by atoms with E-state index in [1.807, 2.05) is 24.3 Å². The van der Waals surface area contributed by atoms with Crippen LogP contribution in [0.4, 0.5) is 5.82 Å². The zero-order chi connectivity index (χ0) is 29.2. The highest BCUT2D eigenvalue weighted by molar-refractivity contribution is 5.97. The average Bonchev–Trinajstić information content (AvgIpc) is 3.64. The zero-order valence-corrected chi connectivity index (χ0v) is 23.9. The summed E-state index contributed by atoms with van der Waals surface area (Å²) in [5, 5.41) is 16.4. The van der Waals surface area contributed by atoms with E-state index in [4.69, 9.17) is 24.5 Å². The van der Waals surface area contributed by atoms with E-state index >= 15 is 0 Å². The smallest absolute Gasteiger partial charge is 0.336 e. The number of hydrogen-bond donors (Lipinski definition) is 0. The summed E-state index contributed by atoms with van der Waals surface area (Å²) in [4.78, 5) is 28.2. The van der Waals surface area contributed by atoms with Gasteiger partial charge in [0.2, 0.25) is 5.91 Å². The Morgan fingerprint density at radius 3 is 2.83 bits per heavy atom. The van der Waals surface area contributed by atoms with E-state index in [9.17, 15) is 10.1 Å². The van der Waals surface area contributed by atoms with Crippen LogP contribution in [0.3, 0.4) is 0 Å². The minimum absolute atomic E-state index is 0.180. The number of likely N-dealkylation sites (N-methyl/N-ethyl adjacent to an activating group) is 1. The Kier molecular flexibility index (Phi) is 7.63. The van der Waals surface area contributed by atoms with Crippen LogP contribution in [0.25, 0.3) is 27.7 Å². The molecule has 0 N–H and O–H groups in total. The molecule has 2 aliphatic heterocycles. The van der Waals surface area contributed by atoms with Crippen LogP contribution in [-0.4, -0.2) is 94.3 Å². The Bertz CT molecular complexity index is 1680. The Morgan fingerprint density at radius 1 is 1.21 bits per heavy atom. The predicted octanol–water partition coefficient (Wildman–Crippen LogP) is 3.54. The van der Waals surface area contributed by atoms with E-state index in [0.29, 0.717) is 43.7 Å². The van der Waals surface area contributed by atoms with Crippen molar-refractivity contribution in [3.8, 4) is 29.1 Å². The molecule has 0 saturated carbocycles. The number of nitriles is 1. The molecule has 2 aromatic heterocycles. The Hall–Kier alpha value is -4.69. The Morgan fingerprint density at radius 2 is 2.07 bits per heavy atom. The Labute approximate surface area is 244 Å². The number of nitrogens with zero attached hydrogens (tertiary/aromatic N) is 8. The number of anilines is 1. The first-order chi connectivity index (χ1) is 20.5. The minimum atomic E-state index is -0.308. The van der Waals surface area contributed by atoms with Gasteiger partial charge in [-0.25, -0.2) is 9.50 Å². The quantitative estimate of drug-likeness (QED) is 0.296. The van der Waals surface area contributed by atoms with Crippen molar-refractivity contribution in [2.75, 3.05) is 51.8 Å². The zero-order valence-electron chi connectivity index (χ0n) is 23.9. The lowest BCUT2D eigenvalue weighted by Crippen LogP contribution is -2.55. The second-order valence-electron chi connectivity index (χ2n) is 10.8. The number of fused-ring (bicyclic) bond motifs is 2. The van der Waals surface area contributed by atoms with Gasteiger partial charge in [-0.15, -0.1) is 5.10 Å². The normalized spacial score (nSPS) is 19.3. The van der Waals surface area contributed by atoms with Gasteiger partial charge in [0.05, 0.1) is 37.5 Å². The summed E-state index contributed by atoms with van der Waals surface area (Å²) in [5.74, 6) is 1.16. The second kappa shape index (κ2) is 11.7. The lowest BCUT2D eigenvalue weighted by atomic mass is 10.0. The van der Waals surface area contributed by atoms with Gasteiger partial charge in [0.1, 0.15) is 12.4 Å². The molecule has 2 unspecified atom stereocenters. The fourth-order valence-electron chi connectivity index (χ4n) is 6.01. The van der Waals surface area contributed by atoms with Crippen LogP contribution in [0.15, 0.2) is 55.3 Å². The van der Waals surface area contributed by atoms with Crippen molar-refractivity contribution < 1.29 is 14.3 Å². The summed E-state index contributed by atoms with van der Waals surface area (Å²) in [5.41, 5.74) is 2.27. The van der Waals surface area contributed by atoms with Gasteiger partial charge >= 0.3 is 6.01 Å². The van der Waals surface area contributed by atoms with Gasteiger partial charge in [0, 0.05) is 31.2 Å².